The maximum atomic E-state index is 12.5. The van der Waals surface area contributed by atoms with Gasteiger partial charge < -0.3 is 0 Å². The fourth-order valence-corrected chi connectivity index (χ4v) is 4.24. The van der Waals surface area contributed by atoms with Crippen LogP contribution in [0.3, 0.4) is 0 Å². The summed E-state index contributed by atoms with van der Waals surface area (Å²) in [4.78, 5) is 16.6. The standard InChI is InChI=1S/C23H26N2OS/c1-17-15-24-22(26)25(21(17)14-18-10-6-5-7-11-18)27-16-19-12-8-9-13-20(19)23(2,3)4/h5-13,15H,14,16H2,1-4H3. The molecule has 3 aromatic rings. The van der Waals surface area contributed by atoms with Gasteiger partial charge in [-0.2, -0.15) is 0 Å². The fraction of sp³-hybridized carbons (Fsp3) is 0.304. The summed E-state index contributed by atoms with van der Waals surface area (Å²) in [7, 11) is 0. The number of nitrogens with zero attached hydrogens (tertiary/aromatic N) is 2. The van der Waals surface area contributed by atoms with E-state index >= 15 is 0 Å². The van der Waals surface area contributed by atoms with Crippen LogP contribution in [0.25, 0.3) is 0 Å². The van der Waals surface area contributed by atoms with Crippen LogP contribution in [0.15, 0.2) is 65.6 Å². The molecule has 0 saturated heterocycles. The van der Waals surface area contributed by atoms with E-state index in [2.05, 4.69) is 62.2 Å². The second kappa shape index (κ2) is 8.13. The van der Waals surface area contributed by atoms with E-state index in [9.17, 15) is 4.79 Å². The van der Waals surface area contributed by atoms with Crippen LogP contribution in [0.2, 0.25) is 0 Å². The highest BCUT2D eigenvalue weighted by Gasteiger charge is 2.18. The van der Waals surface area contributed by atoms with Crippen LogP contribution in [0, 0.1) is 6.92 Å². The predicted molar refractivity (Wildman–Crippen MR) is 114 cm³/mol. The fourth-order valence-electron chi connectivity index (χ4n) is 3.20. The first kappa shape index (κ1) is 19.4. The predicted octanol–water partition coefficient (Wildman–Crippen LogP) is 5.14. The zero-order valence-corrected chi connectivity index (χ0v) is 17.2. The van der Waals surface area contributed by atoms with E-state index in [4.69, 9.17) is 0 Å². The van der Waals surface area contributed by atoms with Crippen molar-refractivity contribution >= 4 is 11.9 Å². The van der Waals surface area contributed by atoms with Crippen molar-refractivity contribution in [1.82, 2.24) is 8.96 Å². The van der Waals surface area contributed by atoms with Crippen LogP contribution in [-0.4, -0.2) is 8.96 Å². The minimum absolute atomic E-state index is 0.0693. The Balaban J connectivity index is 1.92. The summed E-state index contributed by atoms with van der Waals surface area (Å²) < 4.78 is 1.77. The minimum atomic E-state index is -0.204. The molecule has 0 saturated carbocycles. The van der Waals surface area contributed by atoms with Crippen molar-refractivity contribution in [2.75, 3.05) is 0 Å². The normalized spacial score (nSPS) is 11.6. The van der Waals surface area contributed by atoms with Crippen LogP contribution in [0.5, 0.6) is 0 Å². The molecule has 1 aromatic heterocycles. The summed E-state index contributed by atoms with van der Waals surface area (Å²) in [6.45, 7) is 8.68. The van der Waals surface area contributed by atoms with Crippen LogP contribution >= 0.6 is 11.9 Å². The molecule has 0 amide bonds. The van der Waals surface area contributed by atoms with E-state index in [1.165, 1.54) is 28.6 Å². The molecule has 0 radical (unpaired) electrons. The average Bonchev–Trinajstić information content (AvgIpc) is 2.64. The van der Waals surface area contributed by atoms with Gasteiger partial charge in [-0.25, -0.2) is 13.8 Å². The first-order chi connectivity index (χ1) is 12.9. The van der Waals surface area contributed by atoms with Gasteiger partial charge in [0.25, 0.3) is 0 Å². The molecule has 4 heteroatoms. The Morgan fingerprint density at radius 2 is 1.67 bits per heavy atom. The third-order valence-electron chi connectivity index (χ3n) is 4.63. The maximum absolute atomic E-state index is 12.5. The number of aryl methyl sites for hydroxylation is 1. The van der Waals surface area contributed by atoms with Gasteiger partial charge in [0.1, 0.15) is 0 Å². The van der Waals surface area contributed by atoms with E-state index < -0.39 is 0 Å². The lowest BCUT2D eigenvalue weighted by Gasteiger charge is -2.23. The van der Waals surface area contributed by atoms with E-state index in [0.717, 1.165) is 23.4 Å². The van der Waals surface area contributed by atoms with Crippen LogP contribution in [-0.2, 0) is 17.6 Å². The topological polar surface area (TPSA) is 34.9 Å². The SMILES string of the molecule is Cc1cnc(=O)n(SCc2ccccc2C(C)(C)C)c1Cc1ccccc1. The van der Waals surface area contributed by atoms with E-state index in [1.807, 2.05) is 25.1 Å². The van der Waals surface area contributed by atoms with Crippen molar-refractivity contribution in [2.45, 2.75) is 45.3 Å². The van der Waals surface area contributed by atoms with Gasteiger partial charge in [-0.3, -0.25) is 0 Å². The van der Waals surface area contributed by atoms with Gasteiger partial charge in [0, 0.05) is 24.1 Å². The summed E-state index contributed by atoms with van der Waals surface area (Å²) in [6, 6.07) is 18.7. The molecule has 0 aliphatic heterocycles. The highest BCUT2D eigenvalue weighted by atomic mass is 32.2. The van der Waals surface area contributed by atoms with E-state index in [-0.39, 0.29) is 11.1 Å². The first-order valence-corrected chi connectivity index (χ1v) is 10.1. The molecule has 3 nitrogen and oxygen atoms in total. The molecule has 0 unspecified atom stereocenters. The Hall–Kier alpha value is -2.33. The Bertz CT molecular complexity index is 972. The molecule has 0 aliphatic carbocycles. The lowest BCUT2D eigenvalue weighted by molar-refractivity contribution is 0.585. The molecule has 2 aromatic carbocycles. The molecule has 0 atom stereocenters. The minimum Gasteiger partial charge on any atom is -0.245 e. The second-order valence-electron chi connectivity index (χ2n) is 7.81. The van der Waals surface area contributed by atoms with Gasteiger partial charge in [-0.1, -0.05) is 75.4 Å². The van der Waals surface area contributed by atoms with Crippen molar-refractivity contribution in [2.24, 2.45) is 0 Å². The monoisotopic (exact) mass is 378 g/mol. The largest absolute Gasteiger partial charge is 0.357 e. The molecular weight excluding hydrogens is 352 g/mol. The van der Waals surface area contributed by atoms with Crippen molar-refractivity contribution in [1.29, 1.82) is 0 Å². The number of rotatable bonds is 5. The van der Waals surface area contributed by atoms with Crippen molar-refractivity contribution < 1.29 is 0 Å². The van der Waals surface area contributed by atoms with E-state index in [1.54, 1.807) is 10.2 Å². The van der Waals surface area contributed by atoms with Gasteiger partial charge >= 0.3 is 5.69 Å². The number of aromatic nitrogens is 2. The summed E-state index contributed by atoms with van der Waals surface area (Å²) >= 11 is 1.53. The Kier molecular flexibility index (Phi) is 5.85. The third kappa shape index (κ3) is 4.69. The van der Waals surface area contributed by atoms with Crippen LogP contribution in [0.1, 0.15) is 48.7 Å². The molecule has 3 rings (SSSR count). The van der Waals surface area contributed by atoms with E-state index in [0.29, 0.717) is 0 Å². The second-order valence-corrected chi connectivity index (χ2v) is 8.72. The zero-order chi connectivity index (χ0) is 19.4. The Morgan fingerprint density at radius 3 is 2.37 bits per heavy atom. The van der Waals surface area contributed by atoms with Gasteiger partial charge in [-0.05, 0) is 46.5 Å². The van der Waals surface area contributed by atoms with Crippen LogP contribution in [0.4, 0.5) is 0 Å². The molecule has 140 valence electrons. The zero-order valence-electron chi connectivity index (χ0n) is 16.4. The summed E-state index contributed by atoms with van der Waals surface area (Å²) in [5.41, 5.74) is 5.68. The van der Waals surface area contributed by atoms with Crippen molar-refractivity contribution in [3.8, 4) is 0 Å². The van der Waals surface area contributed by atoms with Crippen LogP contribution < -0.4 is 5.69 Å². The van der Waals surface area contributed by atoms with Crippen molar-refractivity contribution in [3.63, 3.8) is 0 Å². The third-order valence-corrected chi connectivity index (χ3v) is 5.71. The molecule has 27 heavy (non-hydrogen) atoms. The summed E-state index contributed by atoms with van der Waals surface area (Å²) in [5.74, 6) is 0.736. The smallest absolute Gasteiger partial charge is 0.245 e. The molecule has 0 N–H and O–H groups in total. The molecular formula is C23H26N2OS. The van der Waals surface area contributed by atoms with Gasteiger partial charge in [0.05, 0.1) is 0 Å². The van der Waals surface area contributed by atoms with Gasteiger partial charge in [0.15, 0.2) is 0 Å². The molecule has 0 aliphatic rings. The lowest BCUT2D eigenvalue weighted by atomic mass is 9.84. The first-order valence-electron chi connectivity index (χ1n) is 9.19. The Morgan fingerprint density at radius 1 is 1.00 bits per heavy atom. The number of hydrogen-bond donors (Lipinski definition) is 0. The Labute approximate surface area is 165 Å². The number of hydrogen-bond acceptors (Lipinski definition) is 3. The molecule has 0 spiro atoms. The lowest BCUT2D eigenvalue weighted by Crippen LogP contribution is -2.23. The maximum Gasteiger partial charge on any atom is 0.357 e. The quantitative estimate of drug-likeness (QED) is 0.617. The van der Waals surface area contributed by atoms with Gasteiger partial charge in [0.2, 0.25) is 0 Å². The number of benzene rings is 2. The molecule has 1 heterocycles. The summed E-state index contributed by atoms with van der Waals surface area (Å²) in [6.07, 6.45) is 2.40. The molecule has 0 fully saturated rings. The average molecular weight is 379 g/mol. The molecule has 0 bridgehead atoms. The highest BCUT2D eigenvalue weighted by molar-refractivity contribution is 7.97. The van der Waals surface area contributed by atoms with Crippen molar-refractivity contribution in [3.05, 3.63) is 99.2 Å². The van der Waals surface area contributed by atoms with Gasteiger partial charge in [-0.15, -0.1) is 0 Å². The summed E-state index contributed by atoms with van der Waals surface area (Å²) in [5, 5.41) is 0. The highest BCUT2D eigenvalue weighted by Crippen LogP contribution is 2.29.